The second-order valence-corrected chi connectivity index (χ2v) is 5.46. The molecule has 2 atom stereocenters. The summed E-state index contributed by atoms with van der Waals surface area (Å²) in [7, 11) is 0. The molecule has 0 aromatic rings. The fraction of sp³-hybridized carbons (Fsp3) is 0.846. The number of nitrogens with two attached hydrogens (primary N) is 1. The molecule has 2 unspecified atom stereocenters. The first-order valence-corrected chi connectivity index (χ1v) is 5.89. The maximum atomic E-state index is 6.27. The van der Waals surface area contributed by atoms with Crippen LogP contribution in [0.3, 0.4) is 0 Å². The van der Waals surface area contributed by atoms with E-state index in [2.05, 4.69) is 27.4 Å². The van der Waals surface area contributed by atoms with Crippen LogP contribution in [0.1, 0.15) is 52.9 Å². The first-order valence-electron chi connectivity index (χ1n) is 5.89. The van der Waals surface area contributed by atoms with E-state index in [1.807, 2.05) is 0 Å². The van der Waals surface area contributed by atoms with Gasteiger partial charge in [0.2, 0.25) is 0 Å². The van der Waals surface area contributed by atoms with Crippen molar-refractivity contribution in [1.82, 2.24) is 0 Å². The highest BCUT2D eigenvalue weighted by atomic mass is 14.7. The summed E-state index contributed by atoms with van der Waals surface area (Å²) in [6.45, 7) is 10.9. The van der Waals surface area contributed by atoms with Gasteiger partial charge in [-0.2, -0.15) is 0 Å². The predicted octanol–water partition coefficient (Wildman–Crippen LogP) is 3.50. The molecule has 1 heteroatoms. The average molecular weight is 195 g/mol. The second kappa shape index (κ2) is 4.48. The Labute approximate surface area is 88.8 Å². The molecule has 1 aliphatic carbocycles. The van der Waals surface area contributed by atoms with Crippen molar-refractivity contribution in [2.45, 2.75) is 58.9 Å². The zero-order chi connectivity index (χ0) is 10.8. The summed E-state index contributed by atoms with van der Waals surface area (Å²) < 4.78 is 0. The Morgan fingerprint density at radius 3 is 2.64 bits per heavy atom. The SMILES string of the molecule is C=C(CC)CC(N)C1CCCC1(C)C. The highest BCUT2D eigenvalue weighted by Gasteiger charge is 2.37. The Balaban J connectivity index is 2.52. The lowest BCUT2D eigenvalue weighted by molar-refractivity contribution is 0.219. The van der Waals surface area contributed by atoms with Crippen LogP contribution in [0.15, 0.2) is 12.2 Å². The van der Waals surface area contributed by atoms with E-state index in [9.17, 15) is 0 Å². The zero-order valence-corrected chi connectivity index (χ0v) is 9.97. The first kappa shape index (κ1) is 11.8. The Bertz CT molecular complexity index is 205. The molecule has 0 aromatic carbocycles. The molecule has 0 spiro atoms. The molecule has 82 valence electrons. The van der Waals surface area contributed by atoms with Crippen molar-refractivity contribution in [1.29, 1.82) is 0 Å². The summed E-state index contributed by atoms with van der Waals surface area (Å²) in [5.74, 6) is 0.700. The lowest BCUT2D eigenvalue weighted by Gasteiger charge is -2.32. The van der Waals surface area contributed by atoms with E-state index < -0.39 is 0 Å². The largest absolute Gasteiger partial charge is 0.327 e. The first-order chi connectivity index (χ1) is 6.47. The standard InChI is InChI=1S/C13H25N/c1-5-10(2)9-12(14)11-7-6-8-13(11,3)4/h11-12H,2,5-9,14H2,1,3-4H3. The van der Waals surface area contributed by atoms with Crippen molar-refractivity contribution >= 4 is 0 Å². The van der Waals surface area contributed by atoms with Gasteiger partial charge >= 0.3 is 0 Å². The predicted molar refractivity (Wildman–Crippen MR) is 63.1 cm³/mol. The Morgan fingerprint density at radius 1 is 1.57 bits per heavy atom. The van der Waals surface area contributed by atoms with E-state index in [1.54, 1.807) is 0 Å². The molecule has 1 fully saturated rings. The molecule has 14 heavy (non-hydrogen) atoms. The van der Waals surface area contributed by atoms with Gasteiger partial charge in [-0.05, 0) is 37.0 Å². The van der Waals surface area contributed by atoms with E-state index in [-0.39, 0.29) is 0 Å². The molecular weight excluding hydrogens is 170 g/mol. The minimum absolute atomic E-state index is 0.333. The maximum Gasteiger partial charge on any atom is 0.0109 e. The van der Waals surface area contributed by atoms with Crippen LogP contribution in [0.25, 0.3) is 0 Å². The second-order valence-electron chi connectivity index (χ2n) is 5.46. The van der Waals surface area contributed by atoms with Crippen LogP contribution < -0.4 is 5.73 Å². The fourth-order valence-electron chi connectivity index (χ4n) is 2.77. The van der Waals surface area contributed by atoms with Crippen LogP contribution in [0.5, 0.6) is 0 Å². The van der Waals surface area contributed by atoms with Gasteiger partial charge in [0.15, 0.2) is 0 Å². The Kier molecular flexibility index (Phi) is 3.77. The third kappa shape index (κ3) is 2.60. The third-order valence-corrected chi connectivity index (χ3v) is 3.88. The molecular formula is C13H25N. The molecule has 0 saturated heterocycles. The lowest BCUT2D eigenvalue weighted by Crippen LogP contribution is -2.36. The lowest BCUT2D eigenvalue weighted by atomic mass is 9.76. The van der Waals surface area contributed by atoms with Gasteiger partial charge in [-0.1, -0.05) is 39.3 Å². The van der Waals surface area contributed by atoms with Crippen molar-refractivity contribution in [3.8, 4) is 0 Å². The molecule has 1 aliphatic rings. The Morgan fingerprint density at radius 2 is 2.21 bits per heavy atom. The molecule has 0 radical (unpaired) electrons. The van der Waals surface area contributed by atoms with E-state index in [0.29, 0.717) is 17.4 Å². The fourth-order valence-corrected chi connectivity index (χ4v) is 2.77. The molecule has 1 saturated carbocycles. The van der Waals surface area contributed by atoms with Gasteiger partial charge in [-0.25, -0.2) is 0 Å². The molecule has 0 aliphatic heterocycles. The number of rotatable bonds is 4. The van der Waals surface area contributed by atoms with Crippen LogP contribution in [-0.4, -0.2) is 6.04 Å². The number of hydrogen-bond donors (Lipinski definition) is 1. The zero-order valence-electron chi connectivity index (χ0n) is 9.97. The maximum absolute atomic E-state index is 6.27. The van der Waals surface area contributed by atoms with Crippen LogP contribution in [0.2, 0.25) is 0 Å². The highest BCUT2D eigenvalue weighted by Crippen LogP contribution is 2.44. The van der Waals surface area contributed by atoms with Gasteiger partial charge in [0, 0.05) is 6.04 Å². The van der Waals surface area contributed by atoms with Gasteiger partial charge in [0.25, 0.3) is 0 Å². The summed E-state index contributed by atoms with van der Waals surface area (Å²) in [6.07, 6.45) is 6.09. The molecule has 0 amide bonds. The summed E-state index contributed by atoms with van der Waals surface area (Å²) in [4.78, 5) is 0. The van der Waals surface area contributed by atoms with Crippen LogP contribution in [0, 0.1) is 11.3 Å². The minimum atomic E-state index is 0.333. The van der Waals surface area contributed by atoms with Crippen molar-refractivity contribution < 1.29 is 0 Å². The van der Waals surface area contributed by atoms with Crippen molar-refractivity contribution in [2.75, 3.05) is 0 Å². The Hall–Kier alpha value is -0.300. The summed E-state index contributed by atoms with van der Waals surface area (Å²) in [5.41, 5.74) is 8.03. The van der Waals surface area contributed by atoms with E-state index >= 15 is 0 Å². The van der Waals surface area contributed by atoms with Gasteiger partial charge in [-0.3, -0.25) is 0 Å². The molecule has 1 rings (SSSR count). The molecule has 0 heterocycles. The molecule has 1 nitrogen and oxygen atoms in total. The van der Waals surface area contributed by atoms with E-state index in [0.717, 1.165) is 12.8 Å². The molecule has 0 bridgehead atoms. The van der Waals surface area contributed by atoms with Gasteiger partial charge < -0.3 is 5.73 Å². The van der Waals surface area contributed by atoms with Gasteiger partial charge in [0.1, 0.15) is 0 Å². The summed E-state index contributed by atoms with van der Waals surface area (Å²) in [6, 6.07) is 0.333. The van der Waals surface area contributed by atoms with Crippen molar-refractivity contribution in [3.05, 3.63) is 12.2 Å². The smallest absolute Gasteiger partial charge is 0.0109 e. The molecule has 0 aromatic heterocycles. The quantitative estimate of drug-likeness (QED) is 0.683. The third-order valence-electron chi connectivity index (χ3n) is 3.88. The van der Waals surface area contributed by atoms with E-state index in [1.165, 1.54) is 24.8 Å². The average Bonchev–Trinajstić information content (AvgIpc) is 2.45. The van der Waals surface area contributed by atoms with Crippen LogP contribution in [-0.2, 0) is 0 Å². The molecule has 2 N–H and O–H groups in total. The summed E-state index contributed by atoms with van der Waals surface area (Å²) in [5, 5.41) is 0. The topological polar surface area (TPSA) is 26.0 Å². The minimum Gasteiger partial charge on any atom is -0.327 e. The number of hydrogen-bond acceptors (Lipinski definition) is 1. The van der Waals surface area contributed by atoms with E-state index in [4.69, 9.17) is 5.73 Å². The van der Waals surface area contributed by atoms with Crippen LogP contribution in [0.4, 0.5) is 0 Å². The normalized spacial score (nSPS) is 27.6. The highest BCUT2D eigenvalue weighted by molar-refractivity contribution is 5.00. The van der Waals surface area contributed by atoms with Gasteiger partial charge in [0.05, 0.1) is 0 Å². The van der Waals surface area contributed by atoms with Crippen LogP contribution >= 0.6 is 0 Å². The van der Waals surface area contributed by atoms with Gasteiger partial charge in [-0.15, -0.1) is 0 Å². The van der Waals surface area contributed by atoms with Crippen molar-refractivity contribution in [3.63, 3.8) is 0 Å². The summed E-state index contributed by atoms with van der Waals surface area (Å²) >= 11 is 0. The monoisotopic (exact) mass is 195 g/mol. The van der Waals surface area contributed by atoms with Crippen molar-refractivity contribution in [2.24, 2.45) is 17.1 Å².